The number of nitrogens with one attached hydrogen (secondary N) is 2. The van der Waals surface area contributed by atoms with Crippen LogP contribution in [0.5, 0.6) is 5.75 Å². The fourth-order valence-corrected chi connectivity index (χ4v) is 9.74. The van der Waals surface area contributed by atoms with E-state index >= 15 is 0 Å². The molecular weight excluding hydrogens is 983 g/mol. The number of rotatable bonds is 29. The highest BCUT2D eigenvalue weighted by Gasteiger charge is 2.41. The molecule has 77 heavy (non-hydrogen) atoms. The van der Waals surface area contributed by atoms with E-state index in [9.17, 15) is 24.0 Å². The van der Waals surface area contributed by atoms with Gasteiger partial charge in [0, 0.05) is 102 Å². The molecule has 5 amide bonds. The van der Waals surface area contributed by atoms with Crippen molar-refractivity contribution in [2.75, 3.05) is 89.7 Å². The van der Waals surface area contributed by atoms with Crippen molar-refractivity contribution >= 4 is 40.9 Å². The predicted octanol–water partition coefficient (Wildman–Crippen LogP) is 6.38. The number of piperazine rings is 1. The number of aromatic nitrogens is 5. The van der Waals surface area contributed by atoms with Crippen LogP contribution in [-0.4, -0.2) is 154 Å². The number of ether oxygens (including phenoxy) is 4. The minimum Gasteiger partial charge on any atom is -0.494 e. The maximum atomic E-state index is 13.3. The Morgan fingerprint density at radius 2 is 1.49 bits per heavy atom. The number of unbranched alkanes of at least 4 members (excludes halogenated alkanes) is 5. The Labute approximate surface area is 450 Å². The van der Waals surface area contributed by atoms with Crippen LogP contribution in [0.1, 0.15) is 115 Å². The van der Waals surface area contributed by atoms with Gasteiger partial charge in [-0.05, 0) is 111 Å². The molecule has 3 aliphatic rings. The summed E-state index contributed by atoms with van der Waals surface area (Å²) in [7, 11) is 3.37. The Morgan fingerprint density at radius 1 is 0.766 bits per heavy atom. The number of benzene rings is 3. The Hall–Kier alpha value is -7.29. The van der Waals surface area contributed by atoms with E-state index in [-0.39, 0.29) is 42.0 Å². The van der Waals surface area contributed by atoms with Gasteiger partial charge in [0.1, 0.15) is 23.8 Å². The average molecular weight is 1060 g/mol. The summed E-state index contributed by atoms with van der Waals surface area (Å²) in [5.74, 6) is 1.45. The molecule has 410 valence electrons. The summed E-state index contributed by atoms with van der Waals surface area (Å²) in [6, 6.07) is 22.0. The van der Waals surface area contributed by atoms with Crippen molar-refractivity contribution in [3.8, 4) is 17.3 Å². The largest absolute Gasteiger partial charge is 0.494 e. The van der Waals surface area contributed by atoms with Gasteiger partial charge in [-0.3, -0.25) is 28.9 Å². The first-order chi connectivity index (χ1) is 37.5. The lowest BCUT2D eigenvalue weighted by Crippen LogP contribution is -2.53. The number of likely N-dealkylation sites (tertiary alicyclic amines) is 1. The third kappa shape index (κ3) is 15.4. The summed E-state index contributed by atoms with van der Waals surface area (Å²) in [5, 5.41) is 15.0. The fourth-order valence-electron chi connectivity index (χ4n) is 9.74. The number of imide groups is 1. The molecule has 20 heteroatoms. The Bertz CT molecular complexity index is 2770. The summed E-state index contributed by atoms with van der Waals surface area (Å²) in [4.78, 5) is 79.3. The van der Waals surface area contributed by atoms with Crippen LogP contribution in [0.3, 0.4) is 0 Å². The number of carbonyl (C=O) groups excluding carboxylic acids is 5. The molecule has 5 heterocycles. The highest BCUT2D eigenvalue weighted by atomic mass is 16.5. The Balaban J connectivity index is 0.588. The molecule has 2 N–H and O–H groups in total. The first-order valence-corrected chi connectivity index (χ1v) is 27.1. The molecule has 2 fully saturated rings. The van der Waals surface area contributed by atoms with Gasteiger partial charge in [0.05, 0.1) is 45.6 Å². The summed E-state index contributed by atoms with van der Waals surface area (Å²) in [6.45, 7) is 9.50. The fraction of sp³-hybridized carbons (Fsp3) is 0.491. The lowest BCUT2D eigenvalue weighted by molar-refractivity contribution is -0.150. The van der Waals surface area contributed by atoms with Gasteiger partial charge in [-0.15, -0.1) is 10.2 Å². The van der Waals surface area contributed by atoms with Crippen LogP contribution in [-0.2, 0) is 48.7 Å². The third-order valence-corrected chi connectivity index (χ3v) is 14.3. The van der Waals surface area contributed by atoms with Crippen molar-refractivity contribution in [1.29, 1.82) is 0 Å². The zero-order chi connectivity index (χ0) is 53.9. The first kappa shape index (κ1) is 55.9. The number of amides is 5. The zero-order valence-corrected chi connectivity index (χ0v) is 44.7. The van der Waals surface area contributed by atoms with Crippen molar-refractivity contribution in [1.82, 2.24) is 44.7 Å². The van der Waals surface area contributed by atoms with Crippen LogP contribution in [0.4, 0.5) is 11.4 Å². The van der Waals surface area contributed by atoms with E-state index in [1.807, 2.05) is 84.1 Å². The van der Waals surface area contributed by atoms with Crippen molar-refractivity contribution in [3.63, 3.8) is 0 Å². The minimum absolute atomic E-state index is 0.167. The SMILES string of the molecule is C[C@@H](NC(=O)c1cccc(NCc2nnc(-c3ccncn3)n2C)c1)c1cccc(OCCCCCCOCCOCCOCCCCCC(=O)N2CCN(c3ccc4c(c3)CN(C3CCC(=O)N(C)C3=O)C4=O)CC2)c1. The molecule has 0 radical (unpaired) electrons. The average Bonchev–Trinajstić information content (AvgIpc) is 4.04. The Morgan fingerprint density at radius 3 is 2.25 bits per heavy atom. The van der Waals surface area contributed by atoms with E-state index in [0.717, 1.165) is 83.9 Å². The number of piperidine rings is 1. The molecule has 3 aromatic carbocycles. The second-order valence-electron chi connectivity index (χ2n) is 19.7. The van der Waals surface area contributed by atoms with Crippen molar-refractivity contribution in [2.24, 2.45) is 7.05 Å². The maximum Gasteiger partial charge on any atom is 0.255 e. The summed E-state index contributed by atoms with van der Waals surface area (Å²) < 4.78 is 25.1. The van der Waals surface area contributed by atoms with Crippen LogP contribution in [0.15, 0.2) is 85.3 Å². The molecular formula is C57H73N11O9. The molecule has 20 nitrogen and oxygen atoms in total. The number of anilines is 2. The molecule has 0 bridgehead atoms. The number of hydrogen-bond acceptors (Lipinski definition) is 15. The third-order valence-electron chi connectivity index (χ3n) is 14.3. The lowest BCUT2D eigenvalue weighted by atomic mass is 10.0. The Kier molecular flexibility index (Phi) is 20.5. The standard InChI is InChI=1S/C57H73N11O9/c1-41(61-55(71)43-14-11-15-45(35-43)59-38-51-62-63-54(64(51)2)49-22-23-58-40-60-49)42-13-12-16-47(37-42)77-30-10-5-4-8-28-74-31-33-76-34-32-75-29-9-6-7-17-53(70)67-26-24-66(25-27-67)46-18-19-48-44(36-46)39-68(56(48)72)50-20-21-52(69)65(3)57(50)73/h11-16,18-19,22-23,35-37,40-41,50,59H,4-10,17,20-21,24-34,38-39H2,1-3H3,(H,61,71)/t41-,50?/m1/s1. The molecule has 8 rings (SSSR count). The van der Waals surface area contributed by atoms with Crippen LogP contribution in [0.2, 0.25) is 0 Å². The van der Waals surface area contributed by atoms with E-state index < -0.39 is 6.04 Å². The monoisotopic (exact) mass is 1060 g/mol. The zero-order valence-electron chi connectivity index (χ0n) is 44.7. The van der Waals surface area contributed by atoms with Gasteiger partial charge in [0.15, 0.2) is 11.6 Å². The van der Waals surface area contributed by atoms with Crippen LogP contribution in [0, 0.1) is 0 Å². The topological polar surface area (TPSA) is 216 Å². The van der Waals surface area contributed by atoms with Gasteiger partial charge in [0.25, 0.3) is 17.7 Å². The smallest absolute Gasteiger partial charge is 0.255 e. The molecule has 2 saturated heterocycles. The van der Waals surface area contributed by atoms with E-state index in [2.05, 4.69) is 35.7 Å². The minimum atomic E-state index is -0.618. The first-order valence-electron chi connectivity index (χ1n) is 27.1. The van der Waals surface area contributed by atoms with Crippen molar-refractivity contribution in [3.05, 3.63) is 113 Å². The summed E-state index contributed by atoms with van der Waals surface area (Å²) in [6.07, 6.45) is 10.9. The van der Waals surface area contributed by atoms with Gasteiger partial charge in [0.2, 0.25) is 11.8 Å². The highest BCUT2D eigenvalue weighted by Crippen LogP contribution is 2.32. The second-order valence-corrected chi connectivity index (χ2v) is 19.7. The maximum absolute atomic E-state index is 13.3. The number of nitrogens with zero attached hydrogens (tertiary/aromatic N) is 9. The quantitative estimate of drug-likeness (QED) is 0.0393. The highest BCUT2D eigenvalue weighted by molar-refractivity contribution is 6.05. The number of fused-ring (bicyclic) bond motifs is 1. The molecule has 1 unspecified atom stereocenters. The molecule has 2 aromatic heterocycles. The van der Waals surface area contributed by atoms with Crippen molar-refractivity contribution in [2.45, 2.75) is 96.3 Å². The predicted molar refractivity (Wildman–Crippen MR) is 289 cm³/mol. The van der Waals surface area contributed by atoms with Gasteiger partial charge < -0.3 is 48.8 Å². The molecule has 2 atom stereocenters. The van der Waals surface area contributed by atoms with Crippen LogP contribution < -0.4 is 20.3 Å². The second kappa shape index (κ2) is 28.2. The summed E-state index contributed by atoms with van der Waals surface area (Å²) >= 11 is 0. The van der Waals surface area contributed by atoms with E-state index in [4.69, 9.17) is 18.9 Å². The number of carbonyl (C=O) groups is 5. The lowest BCUT2D eigenvalue weighted by Gasteiger charge is -2.36. The van der Waals surface area contributed by atoms with E-state index in [1.54, 1.807) is 23.2 Å². The molecule has 0 spiro atoms. The van der Waals surface area contributed by atoms with Gasteiger partial charge in [-0.1, -0.05) is 31.0 Å². The molecule has 0 aliphatic carbocycles. The van der Waals surface area contributed by atoms with Crippen molar-refractivity contribution < 1.29 is 42.9 Å². The molecule has 5 aromatic rings. The normalized spacial score (nSPS) is 16.0. The van der Waals surface area contributed by atoms with Crippen LogP contribution in [0.25, 0.3) is 11.5 Å². The van der Waals surface area contributed by atoms with Crippen LogP contribution >= 0.6 is 0 Å². The summed E-state index contributed by atoms with van der Waals surface area (Å²) in [5.41, 5.74) is 5.48. The molecule has 3 aliphatic heterocycles. The number of likely N-dealkylation sites (N-methyl/N-ethyl adjacent to an activating group) is 1. The molecule has 0 saturated carbocycles. The van der Waals surface area contributed by atoms with Gasteiger partial charge in [-0.25, -0.2) is 9.97 Å². The van der Waals surface area contributed by atoms with E-state index in [0.29, 0.717) is 121 Å². The van der Waals surface area contributed by atoms with Gasteiger partial charge >= 0.3 is 0 Å². The van der Waals surface area contributed by atoms with E-state index in [1.165, 1.54) is 13.4 Å². The van der Waals surface area contributed by atoms with Gasteiger partial charge in [-0.2, -0.15) is 0 Å². The number of hydrogen-bond donors (Lipinski definition) is 2.